The summed E-state index contributed by atoms with van der Waals surface area (Å²) in [5.74, 6) is 0. The fourth-order valence-corrected chi connectivity index (χ4v) is 10.9. The van der Waals surface area contributed by atoms with Crippen LogP contribution in [-0.2, 0) is 6.04 Å². The smallest absolute Gasteiger partial charge is 0.0651 e. The molecule has 0 nitrogen and oxygen atoms in total. The lowest BCUT2D eigenvalue weighted by atomic mass is 10.1. The maximum atomic E-state index is 3.56. The molecule has 0 bridgehead atoms. The van der Waals surface area contributed by atoms with Crippen LogP contribution in [0.4, 0.5) is 0 Å². The van der Waals surface area contributed by atoms with Crippen LogP contribution in [0.2, 0.25) is 16.6 Å². The number of fused-ring (bicyclic) bond motifs is 1. The van der Waals surface area contributed by atoms with Crippen LogP contribution < -0.4 is 0 Å². The van der Waals surface area contributed by atoms with Crippen LogP contribution in [0.5, 0.6) is 0 Å². The van der Waals surface area contributed by atoms with E-state index in [4.69, 9.17) is 0 Å². The van der Waals surface area contributed by atoms with Gasteiger partial charge in [-0.1, -0.05) is 98.4 Å². The van der Waals surface area contributed by atoms with Crippen LogP contribution >= 0.6 is 15.9 Å². The second-order valence-corrected chi connectivity index (χ2v) is 14.5. The predicted octanol–water partition coefficient (Wildman–Crippen LogP) is 7.36. The quantitative estimate of drug-likeness (QED) is 0.477. The summed E-state index contributed by atoms with van der Waals surface area (Å²) in [6.07, 6.45) is 0. The van der Waals surface area contributed by atoms with Gasteiger partial charge in [0.05, 0.1) is 8.07 Å². The molecule has 0 unspecified atom stereocenters. The van der Waals surface area contributed by atoms with Crippen LogP contribution in [0, 0.1) is 0 Å². The first-order valence-corrected chi connectivity index (χ1v) is 11.7. The van der Waals surface area contributed by atoms with Crippen molar-refractivity contribution in [1.82, 2.24) is 0 Å². The van der Waals surface area contributed by atoms with E-state index in [-0.39, 0.29) is 0 Å². The summed E-state index contributed by atoms with van der Waals surface area (Å²) in [6.45, 7) is 14.7. The van der Waals surface area contributed by atoms with Crippen LogP contribution in [0.15, 0.2) is 40.9 Å². The van der Waals surface area contributed by atoms with Crippen molar-refractivity contribution in [2.24, 2.45) is 0 Å². The van der Waals surface area contributed by atoms with Crippen molar-refractivity contribution in [3.05, 3.63) is 46.4 Å². The van der Waals surface area contributed by atoms with Gasteiger partial charge in [0.2, 0.25) is 0 Å². The minimum atomic E-state index is -1.38. The maximum absolute atomic E-state index is 3.56. The Balaban J connectivity index is 2.44. The van der Waals surface area contributed by atoms with Crippen LogP contribution in [0.3, 0.4) is 0 Å². The van der Waals surface area contributed by atoms with Crippen LogP contribution in [0.1, 0.15) is 47.1 Å². The highest BCUT2D eigenvalue weighted by atomic mass is 79.9. The number of hydrogen-bond donors (Lipinski definition) is 0. The van der Waals surface area contributed by atoms with E-state index < -0.39 is 8.07 Å². The van der Waals surface area contributed by atoms with Gasteiger partial charge in [0.25, 0.3) is 0 Å². The lowest BCUT2D eigenvalue weighted by molar-refractivity contribution is 0.798. The van der Waals surface area contributed by atoms with Gasteiger partial charge in [-0.3, -0.25) is 0 Å². The molecule has 2 heteroatoms. The van der Waals surface area contributed by atoms with Gasteiger partial charge in [-0.15, -0.1) is 0 Å². The van der Waals surface area contributed by atoms with E-state index in [0.717, 1.165) is 21.1 Å². The molecule has 0 saturated carbocycles. The minimum Gasteiger partial charge on any atom is -0.0651 e. The highest BCUT2D eigenvalue weighted by Crippen LogP contribution is 2.43. The molecule has 0 amide bonds. The second kappa shape index (κ2) is 6.88. The van der Waals surface area contributed by atoms with E-state index in [1.807, 2.05) is 0 Å². The molecule has 0 N–H and O–H groups in total. The van der Waals surface area contributed by atoms with Gasteiger partial charge >= 0.3 is 0 Å². The average molecular weight is 377 g/mol. The summed E-state index contributed by atoms with van der Waals surface area (Å²) in [7, 11) is -1.38. The zero-order valence-electron chi connectivity index (χ0n) is 14.8. The largest absolute Gasteiger partial charge is 0.0656 e. The fraction of sp³-hybridized carbons (Fsp3) is 0.500. The third kappa shape index (κ3) is 3.33. The summed E-state index contributed by atoms with van der Waals surface area (Å²) >= 11 is 3.56. The Hall–Kier alpha value is -0.603. The molecule has 2 aromatic rings. The first-order chi connectivity index (χ1) is 10.3. The second-order valence-electron chi connectivity index (χ2n) is 7.58. The molecule has 0 aliphatic heterocycles. The minimum absolute atomic E-state index is 0.813. The highest BCUT2D eigenvalue weighted by molar-refractivity contribution is 9.10. The third-order valence-electron chi connectivity index (χ3n) is 5.60. The molecule has 0 fully saturated rings. The third-order valence-corrected chi connectivity index (χ3v) is 13.6. The van der Waals surface area contributed by atoms with Crippen LogP contribution in [0.25, 0.3) is 10.8 Å². The Morgan fingerprint density at radius 1 is 0.773 bits per heavy atom. The van der Waals surface area contributed by atoms with Crippen molar-refractivity contribution in [3.63, 3.8) is 0 Å². The van der Waals surface area contributed by atoms with Crippen LogP contribution in [-0.4, -0.2) is 8.07 Å². The van der Waals surface area contributed by atoms with Gasteiger partial charge in [0, 0.05) is 4.47 Å². The standard InChI is InChI=1S/C20H29BrSi/c1-14(2)22(15(3)4,16(5)6)13-17-7-8-19-12-20(21)10-9-18(19)11-17/h7-12,14-16H,13H2,1-6H3. The Kier molecular flexibility index (Phi) is 5.55. The SMILES string of the molecule is CC(C)[Si](Cc1ccc2cc(Br)ccc2c1)(C(C)C)C(C)C. The monoisotopic (exact) mass is 376 g/mol. The van der Waals surface area contributed by atoms with E-state index in [9.17, 15) is 0 Å². The van der Waals surface area contributed by atoms with Gasteiger partial charge < -0.3 is 0 Å². The topological polar surface area (TPSA) is 0 Å². The molecule has 0 aliphatic rings. The molecule has 0 spiro atoms. The van der Waals surface area contributed by atoms with E-state index >= 15 is 0 Å². The van der Waals surface area contributed by atoms with Gasteiger partial charge in [0.1, 0.15) is 0 Å². The summed E-state index contributed by atoms with van der Waals surface area (Å²) in [5.41, 5.74) is 3.96. The van der Waals surface area contributed by atoms with Crippen molar-refractivity contribution in [2.45, 2.75) is 64.2 Å². The summed E-state index contributed by atoms with van der Waals surface area (Å²) in [6, 6.07) is 14.9. The molecule has 0 heterocycles. The number of halogens is 1. The maximum Gasteiger partial charge on any atom is 0.0656 e. The number of benzene rings is 2. The van der Waals surface area contributed by atoms with Gasteiger partial charge in [-0.05, 0) is 34.5 Å². The summed E-state index contributed by atoms with van der Waals surface area (Å²) < 4.78 is 1.16. The first-order valence-electron chi connectivity index (χ1n) is 8.45. The fourth-order valence-electron chi connectivity index (χ4n) is 4.34. The Morgan fingerprint density at radius 2 is 1.27 bits per heavy atom. The molecule has 0 saturated heterocycles. The number of hydrogen-bond acceptors (Lipinski definition) is 0. The molecular formula is C20H29BrSi. The molecule has 120 valence electrons. The van der Waals surface area contributed by atoms with Crippen molar-refractivity contribution >= 4 is 34.8 Å². The molecular weight excluding hydrogens is 348 g/mol. The van der Waals surface area contributed by atoms with E-state index in [1.165, 1.54) is 22.4 Å². The lowest BCUT2D eigenvalue weighted by Gasteiger charge is -2.43. The van der Waals surface area contributed by atoms with Gasteiger partial charge in [-0.25, -0.2) is 0 Å². The predicted molar refractivity (Wildman–Crippen MR) is 106 cm³/mol. The lowest BCUT2D eigenvalue weighted by Crippen LogP contribution is -2.47. The normalized spacial score (nSPS) is 12.8. The molecule has 2 rings (SSSR count). The van der Waals surface area contributed by atoms with Crippen molar-refractivity contribution in [1.29, 1.82) is 0 Å². The Bertz CT molecular complexity index is 621. The molecule has 0 radical (unpaired) electrons. The van der Waals surface area contributed by atoms with Gasteiger partial charge in [0.15, 0.2) is 0 Å². The summed E-state index contributed by atoms with van der Waals surface area (Å²) in [5, 5.41) is 2.68. The molecule has 22 heavy (non-hydrogen) atoms. The summed E-state index contributed by atoms with van der Waals surface area (Å²) in [4.78, 5) is 0. The van der Waals surface area contributed by atoms with E-state index in [1.54, 1.807) is 0 Å². The van der Waals surface area contributed by atoms with Crippen molar-refractivity contribution < 1.29 is 0 Å². The number of rotatable bonds is 5. The molecule has 0 aromatic heterocycles. The van der Waals surface area contributed by atoms with Gasteiger partial charge in [-0.2, -0.15) is 0 Å². The average Bonchev–Trinajstić information content (AvgIpc) is 2.43. The van der Waals surface area contributed by atoms with E-state index in [2.05, 4.69) is 93.9 Å². The Morgan fingerprint density at radius 3 is 1.82 bits per heavy atom. The molecule has 0 atom stereocenters. The Labute approximate surface area is 145 Å². The van der Waals surface area contributed by atoms with E-state index in [0.29, 0.717) is 0 Å². The zero-order chi connectivity index (χ0) is 16.5. The highest BCUT2D eigenvalue weighted by Gasteiger charge is 2.42. The first kappa shape index (κ1) is 17.7. The van der Waals surface area contributed by atoms with Crippen molar-refractivity contribution in [2.75, 3.05) is 0 Å². The van der Waals surface area contributed by atoms with Crippen molar-refractivity contribution in [3.8, 4) is 0 Å². The molecule has 2 aromatic carbocycles. The molecule has 0 aliphatic carbocycles. The zero-order valence-corrected chi connectivity index (χ0v) is 17.4.